The first-order valence-electron chi connectivity index (χ1n) is 3.98. The quantitative estimate of drug-likeness (QED) is 0.606. The van der Waals surface area contributed by atoms with Crippen molar-refractivity contribution in [3.05, 3.63) is 18.0 Å². The molecule has 0 aliphatic carbocycles. The van der Waals surface area contributed by atoms with E-state index in [1.54, 1.807) is 16.9 Å². The maximum absolute atomic E-state index is 10.5. The molecule has 0 N–H and O–H groups in total. The van der Waals surface area contributed by atoms with Gasteiger partial charge in [0.1, 0.15) is 5.69 Å². The zero-order chi connectivity index (χ0) is 8.39. The van der Waals surface area contributed by atoms with E-state index in [1.165, 1.54) is 0 Å². The predicted octanol–water partition coefficient (Wildman–Crippen LogP) is 0.657. The van der Waals surface area contributed by atoms with Crippen LogP contribution in [0.5, 0.6) is 0 Å². The highest BCUT2D eigenvalue weighted by Crippen LogP contribution is 2.18. The Kier molecular flexibility index (Phi) is 1.91. The van der Waals surface area contributed by atoms with E-state index in [2.05, 4.69) is 5.10 Å². The Morgan fingerprint density at radius 1 is 1.75 bits per heavy atom. The molecule has 0 bridgehead atoms. The van der Waals surface area contributed by atoms with Gasteiger partial charge in [0.25, 0.3) is 0 Å². The van der Waals surface area contributed by atoms with Gasteiger partial charge in [0, 0.05) is 12.8 Å². The fourth-order valence-corrected chi connectivity index (χ4v) is 1.44. The van der Waals surface area contributed by atoms with Crippen LogP contribution in [0.4, 0.5) is 0 Å². The molecule has 1 unspecified atom stereocenters. The fourth-order valence-electron chi connectivity index (χ4n) is 1.44. The van der Waals surface area contributed by atoms with Gasteiger partial charge >= 0.3 is 0 Å². The molecule has 1 fully saturated rings. The summed E-state index contributed by atoms with van der Waals surface area (Å²) in [6.45, 7) is 1.44. The first kappa shape index (κ1) is 7.49. The number of carbonyl (C=O) groups is 1. The Hall–Kier alpha value is -1.16. The van der Waals surface area contributed by atoms with E-state index in [0.29, 0.717) is 12.3 Å². The molecule has 0 aromatic carbocycles. The summed E-state index contributed by atoms with van der Waals surface area (Å²) in [5, 5.41) is 4.07. The first-order chi connectivity index (χ1) is 5.92. The van der Waals surface area contributed by atoms with Crippen LogP contribution in [0.25, 0.3) is 0 Å². The molecule has 0 spiro atoms. The van der Waals surface area contributed by atoms with Crippen molar-refractivity contribution in [2.45, 2.75) is 12.5 Å². The van der Waals surface area contributed by atoms with Crippen molar-refractivity contribution in [3.8, 4) is 0 Å². The molecule has 0 amide bonds. The Morgan fingerprint density at radius 2 is 2.67 bits per heavy atom. The van der Waals surface area contributed by atoms with E-state index in [4.69, 9.17) is 4.74 Å². The van der Waals surface area contributed by atoms with Gasteiger partial charge in [0.2, 0.25) is 0 Å². The largest absolute Gasteiger partial charge is 0.379 e. The summed E-state index contributed by atoms with van der Waals surface area (Å²) in [7, 11) is 0. The average Bonchev–Trinajstić information content (AvgIpc) is 2.74. The molecule has 1 aromatic rings. The van der Waals surface area contributed by atoms with Gasteiger partial charge in [-0.25, -0.2) is 0 Å². The van der Waals surface area contributed by atoms with Crippen molar-refractivity contribution in [3.63, 3.8) is 0 Å². The number of aldehydes is 1. The molecule has 1 aromatic heterocycles. The van der Waals surface area contributed by atoms with E-state index < -0.39 is 0 Å². The summed E-state index contributed by atoms with van der Waals surface area (Å²) in [5.41, 5.74) is 0.630. The van der Waals surface area contributed by atoms with Crippen LogP contribution in [0.2, 0.25) is 0 Å². The van der Waals surface area contributed by atoms with E-state index in [0.717, 1.165) is 19.3 Å². The van der Waals surface area contributed by atoms with Crippen molar-refractivity contribution in [1.82, 2.24) is 9.78 Å². The van der Waals surface area contributed by atoms with Gasteiger partial charge in [-0.3, -0.25) is 9.48 Å². The van der Waals surface area contributed by atoms with Crippen molar-refractivity contribution in [2.24, 2.45) is 0 Å². The zero-order valence-corrected chi connectivity index (χ0v) is 6.64. The molecular weight excluding hydrogens is 156 g/mol. The van der Waals surface area contributed by atoms with Gasteiger partial charge in [-0.1, -0.05) is 0 Å². The smallest absolute Gasteiger partial charge is 0.168 e. The number of carbonyl (C=O) groups excluding carboxylic acids is 1. The van der Waals surface area contributed by atoms with E-state index in [-0.39, 0.29) is 6.04 Å². The number of rotatable bonds is 2. The summed E-state index contributed by atoms with van der Waals surface area (Å²) in [5.74, 6) is 0. The number of hydrogen-bond donors (Lipinski definition) is 0. The van der Waals surface area contributed by atoms with Gasteiger partial charge < -0.3 is 4.74 Å². The lowest BCUT2D eigenvalue weighted by Crippen LogP contribution is -2.12. The van der Waals surface area contributed by atoms with Crippen LogP contribution in [0.3, 0.4) is 0 Å². The normalized spacial score (nSPS) is 22.8. The molecule has 1 saturated heterocycles. The number of aromatic nitrogens is 2. The maximum atomic E-state index is 10.5. The molecule has 1 atom stereocenters. The van der Waals surface area contributed by atoms with Gasteiger partial charge in [-0.2, -0.15) is 5.10 Å². The SMILES string of the molecule is O=Cc1ccnn1C1CCOC1. The average molecular weight is 166 g/mol. The second-order valence-corrected chi connectivity index (χ2v) is 2.84. The zero-order valence-electron chi connectivity index (χ0n) is 6.64. The van der Waals surface area contributed by atoms with Gasteiger partial charge in [-0.15, -0.1) is 0 Å². The Balaban J connectivity index is 2.25. The number of nitrogens with zero attached hydrogens (tertiary/aromatic N) is 2. The van der Waals surface area contributed by atoms with Crippen LogP contribution >= 0.6 is 0 Å². The fraction of sp³-hybridized carbons (Fsp3) is 0.500. The lowest BCUT2D eigenvalue weighted by atomic mass is 10.2. The molecule has 1 aliphatic heterocycles. The third-order valence-electron chi connectivity index (χ3n) is 2.07. The highest BCUT2D eigenvalue weighted by Gasteiger charge is 2.19. The third-order valence-corrected chi connectivity index (χ3v) is 2.07. The standard InChI is InChI=1S/C8H10N2O2/c11-5-7-1-3-9-10(7)8-2-4-12-6-8/h1,3,5,8H,2,4,6H2. The predicted molar refractivity (Wildman–Crippen MR) is 42.1 cm³/mol. The summed E-state index contributed by atoms with van der Waals surface area (Å²) in [6.07, 6.45) is 3.41. The number of ether oxygens (including phenoxy) is 1. The summed E-state index contributed by atoms with van der Waals surface area (Å²) in [4.78, 5) is 10.5. The van der Waals surface area contributed by atoms with E-state index in [9.17, 15) is 4.79 Å². The lowest BCUT2D eigenvalue weighted by Gasteiger charge is -2.08. The highest BCUT2D eigenvalue weighted by atomic mass is 16.5. The minimum absolute atomic E-state index is 0.250. The molecule has 1 aliphatic rings. The number of hydrogen-bond acceptors (Lipinski definition) is 3. The lowest BCUT2D eigenvalue weighted by molar-refractivity contribution is 0.111. The first-order valence-corrected chi connectivity index (χ1v) is 3.98. The molecular formula is C8H10N2O2. The molecule has 4 heteroatoms. The van der Waals surface area contributed by atoms with Gasteiger partial charge in [0.05, 0.1) is 12.6 Å². The van der Waals surface area contributed by atoms with Crippen LogP contribution in [0.1, 0.15) is 23.0 Å². The second kappa shape index (κ2) is 3.06. The van der Waals surface area contributed by atoms with Crippen molar-refractivity contribution < 1.29 is 9.53 Å². The summed E-state index contributed by atoms with van der Waals surface area (Å²) in [6, 6.07) is 1.96. The van der Waals surface area contributed by atoms with Crippen molar-refractivity contribution >= 4 is 6.29 Å². The van der Waals surface area contributed by atoms with Crippen molar-refractivity contribution in [2.75, 3.05) is 13.2 Å². The second-order valence-electron chi connectivity index (χ2n) is 2.84. The third kappa shape index (κ3) is 1.14. The molecule has 2 heterocycles. The van der Waals surface area contributed by atoms with Crippen LogP contribution in [-0.4, -0.2) is 29.3 Å². The Bertz CT molecular complexity index is 276. The molecule has 12 heavy (non-hydrogen) atoms. The molecule has 0 radical (unpaired) electrons. The topological polar surface area (TPSA) is 44.1 Å². The van der Waals surface area contributed by atoms with Crippen molar-refractivity contribution in [1.29, 1.82) is 0 Å². The summed E-state index contributed by atoms with van der Waals surface area (Å²) < 4.78 is 6.94. The minimum atomic E-state index is 0.250. The molecule has 2 rings (SSSR count). The Morgan fingerprint density at radius 3 is 3.33 bits per heavy atom. The van der Waals surface area contributed by atoms with Crippen LogP contribution < -0.4 is 0 Å². The van der Waals surface area contributed by atoms with Crippen LogP contribution in [-0.2, 0) is 4.74 Å². The minimum Gasteiger partial charge on any atom is -0.379 e. The highest BCUT2D eigenvalue weighted by molar-refractivity contribution is 5.71. The van der Waals surface area contributed by atoms with Crippen LogP contribution in [0, 0.1) is 0 Å². The van der Waals surface area contributed by atoms with Gasteiger partial charge in [-0.05, 0) is 12.5 Å². The molecule has 0 saturated carbocycles. The molecule has 64 valence electrons. The molecule has 4 nitrogen and oxygen atoms in total. The van der Waals surface area contributed by atoms with Crippen LogP contribution in [0.15, 0.2) is 12.3 Å². The van der Waals surface area contributed by atoms with E-state index in [1.807, 2.05) is 0 Å². The van der Waals surface area contributed by atoms with Gasteiger partial charge in [0.15, 0.2) is 6.29 Å². The Labute approximate surface area is 70.1 Å². The summed E-state index contributed by atoms with van der Waals surface area (Å²) >= 11 is 0. The maximum Gasteiger partial charge on any atom is 0.168 e. The van der Waals surface area contributed by atoms with E-state index >= 15 is 0 Å². The monoisotopic (exact) mass is 166 g/mol.